The number of hydrogen-bond donors (Lipinski definition) is 1. The molecule has 1 N–H and O–H groups in total. The molecule has 0 radical (unpaired) electrons. The number of anilines is 2. The Kier molecular flexibility index (Phi) is 15.9. The van der Waals surface area contributed by atoms with Crippen molar-refractivity contribution in [3.8, 4) is 46.5 Å². The van der Waals surface area contributed by atoms with Crippen LogP contribution in [0.1, 0.15) is 63.5 Å². The van der Waals surface area contributed by atoms with Crippen LogP contribution in [0.3, 0.4) is 0 Å². The number of imidazole rings is 2. The lowest BCUT2D eigenvalue weighted by molar-refractivity contribution is 0.0908. The summed E-state index contributed by atoms with van der Waals surface area (Å²) in [6, 6.07) is 13.2. The van der Waals surface area contributed by atoms with E-state index in [1.807, 2.05) is 17.0 Å². The zero-order valence-corrected chi connectivity index (χ0v) is 43.7. The first-order valence-corrected chi connectivity index (χ1v) is 29.2. The van der Waals surface area contributed by atoms with E-state index in [0.717, 1.165) is 93.0 Å². The summed E-state index contributed by atoms with van der Waals surface area (Å²) in [6.45, 7) is 17.4. The van der Waals surface area contributed by atoms with Crippen LogP contribution in [0.5, 0.6) is 0 Å². The van der Waals surface area contributed by atoms with E-state index in [2.05, 4.69) is 87.1 Å². The second kappa shape index (κ2) is 23.0. The Morgan fingerprint density at radius 2 is 1.16 bits per heavy atom. The molecule has 8 heterocycles. The van der Waals surface area contributed by atoms with E-state index < -0.39 is 8.07 Å². The van der Waals surface area contributed by atoms with E-state index in [0.29, 0.717) is 78.7 Å². The molecule has 2 fully saturated rings. The van der Waals surface area contributed by atoms with Crippen molar-refractivity contribution in [1.29, 1.82) is 0 Å². The van der Waals surface area contributed by atoms with Gasteiger partial charge in [-0.3, -0.25) is 32.7 Å². The van der Waals surface area contributed by atoms with E-state index in [-0.39, 0.29) is 29.5 Å². The van der Waals surface area contributed by atoms with Crippen LogP contribution in [0.4, 0.5) is 20.7 Å². The molecule has 20 heteroatoms. The van der Waals surface area contributed by atoms with Crippen molar-refractivity contribution in [3.05, 3.63) is 117 Å². The Morgan fingerprint density at radius 3 is 1.70 bits per heavy atom. The molecule has 6 aromatic heterocycles. The third kappa shape index (κ3) is 12.0. The van der Waals surface area contributed by atoms with Crippen LogP contribution in [-0.2, 0) is 37.6 Å². The van der Waals surface area contributed by atoms with Crippen LogP contribution in [0.25, 0.3) is 45.1 Å². The Bertz CT molecular complexity index is 3480. The number of nitrogens with zero attached hydrogens (tertiary/aromatic N) is 13. The number of rotatable bonds is 15. The molecular weight excluding hydrogens is 959 g/mol. The highest BCUT2D eigenvalue weighted by atomic mass is 28.3. The number of fused-ring (bicyclic) bond motifs is 2. The lowest BCUT2D eigenvalue weighted by Crippen LogP contribution is -2.32. The highest BCUT2D eigenvalue weighted by Gasteiger charge is 2.26. The minimum absolute atomic E-state index is 0.0937. The molecule has 0 bridgehead atoms. The van der Waals surface area contributed by atoms with Crippen LogP contribution in [0.15, 0.2) is 82.9 Å². The summed E-state index contributed by atoms with van der Waals surface area (Å²) in [5.41, 5.74) is 4.50. The monoisotopic (exact) mass is 1020 g/mol. The molecule has 384 valence electrons. The minimum Gasteiger partial charge on any atom is -0.361 e. The van der Waals surface area contributed by atoms with Gasteiger partial charge in [0.2, 0.25) is 11.9 Å². The molecule has 74 heavy (non-hydrogen) atoms. The minimum atomic E-state index is -1.28. The molecule has 17 nitrogen and oxygen atoms in total. The average Bonchev–Trinajstić information content (AvgIpc) is 4.25. The second-order valence-corrected chi connectivity index (χ2v) is 25.4. The predicted octanol–water partition coefficient (Wildman–Crippen LogP) is 8.15. The Morgan fingerprint density at radius 1 is 0.649 bits per heavy atom. The fraction of sp³-hybridized carbons (Fsp3) is 0.407. The van der Waals surface area contributed by atoms with Gasteiger partial charge in [-0.25, -0.2) is 18.7 Å². The highest BCUT2D eigenvalue weighted by Crippen LogP contribution is 2.27. The van der Waals surface area contributed by atoms with Gasteiger partial charge in [0, 0.05) is 77.5 Å². The van der Waals surface area contributed by atoms with Crippen molar-refractivity contribution in [2.24, 2.45) is 0 Å². The van der Waals surface area contributed by atoms with Gasteiger partial charge in [0.1, 0.15) is 43.1 Å². The lowest BCUT2D eigenvalue weighted by Gasteiger charge is -2.21. The van der Waals surface area contributed by atoms with Crippen molar-refractivity contribution in [1.82, 2.24) is 58.2 Å². The summed E-state index contributed by atoms with van der Waals surface area (Å²) in [4.78, 5) is 53.8. The number of nitrogens with one attached hydrogen (secondary N) is 1. The van der Waals surface area contributed by atoms with Crippen LogP contribution < -0.4 is 20.9 Å². The Hall–Kier alpha value is -7.68. The van der Waals surface area contributed by atoms with Gasteiger partial charge in [0.15, 0.2) is 22.3 Å². The van der Waals surface area contributed by atoms with E-state index in [9.17, 15) is 18.4 Å². The number of halogens is 2. The molecule has 2 saturated heterocycles. The first-order valence-electron chi connectivity index (χ1n) is 25.5. The van der Waals surface area contributed by atoms with Gasteiger partial charge in [0.05, 0.1) is 23.5 Å². The predicted molar refractivity (Wildman–Crippen MR) is 287 cm³/mol. The van der Waals surface area contributed by atoms with Gasteiger partial charge in [-0.1, -0.05) is 57.2 Å². The first-order chi connectivity index (χ1) is 35.8. The van der Waals surface area contributed by atoms with E-state index >= 15 is 0 Å². The molecule has 2 aliphatic heterocycles. The van der Waals surface area contributed by atoms with Crippen molar-refractivity contribution in [3.63, 3.8) is 0 Å². The second-order valence-electron chi connectivity index (χ2n) is 19.8. The van der Waals surface area contributed by atoms with Gasteiger partial charge in [-0.15, -0.1) is 0 Å². The maximum absolute atomic E-state index is 14.0. The van der Waals surface area contributed by atoms with Crippen LogP contribution in [0, 0.1) is 35.3 Å². The molecule has 0 unspecified atom stereocenters. The molecular formula is C54H62F2N14O3Si. The largest absolute Gasteiger partial charge is 0.361 e. The summed E-state index contributed by atoms with van der Waals surface area (Å²) >= 11 is 0. The molecule has 0 atom stereocenters. The topological polar surface area (TPSA) is 168 Å². The van der Waals surface area contributed by atoms with Gasteiger partial charge in [-0.05, 0) is 93.1 Å². The van der Waals surface area contributed by atoms with Gasteiger partial charge >= 0.3 is 0 Å². The molecule has 2 aliphatic rings. The van der Waals surface area contributed by atoms with Gasteiger partial charge < -0.3 is 19.5 Å². The van der Waals surface area contributed by atoms with Crippen LogP contribution >= 0.6 is 0 Å². The van der Waals surface area contributed by atoms with Crippen molar-refractivity contribution >= 4 is 42.3 Å². The average molecular weight is 1020 g/mol. The van der Waals surface area contributed by atoms with E-state index in [1.54, 1.807) is 55.2 Å². The molecule has 0 amide bonds. The van der Waals surface area contributed by atoms with Crippen molar-refractivity contribution in [2.45, 2.75) is 111 Å². The summed E-state index contributed by atoms with van der Waals surface area (Å²) in [6.07, 6.45) is 13.2. The number of hydrogen-bond acceptors (Lipinski definition) is 11. The third-order valence-corrected chi connectivity index (χ3v) is 14.5. The third-order valence-electron chi connectivity index (χ3n) is 12.8. The van der Waals surface area contributed by atoms with E-state index in [4.69, 9.17) is 19.7 Å². The quantitative estimate of drug-likeness (QED) is 0.0598. The molecule has 2 aromatic carbocycles. The van der Waals surface area contributed by atoms with Crippen molar-refractivity contribution in [2.75, 3.05) is 42.6 Å². The molecule has 8 aromatic rings. The normalized spacial score (nSPS) is 13.6. The van der Waals surface area contributed by atoms with Gasteiger partial charge in [-0.2, -0.15) is 20.2 Å². The summed E-state index contributed by atoms with van der Waals surface area (Å²) in [5, 5.41) is 8.82. The fourth-order valence-electron chi connectivity index (χ4n) is 8.91. The number of ether oxygens (including phenoxy) is 1. The van der Waals surface area contributed by atoms with E-state index in [1.165, 1.54) is 24.3 Å². The maximum atomic E-state index is 14.0. The highest BCUT2D eigenvalue weighted by molar-refractivity contribution is 6.76. The van der Waals surface area contributed by atoms with Crippen molar-refractivity contribution < 1.29 is 13.5 Å². The fourth-order valence-corrected chi connectivity index (χ4v) is 9.67. The smallest absolute Gasteiger partial charge is 0.281 e. The summed E-state index contributed by atoms with van der Waals surface area (Å²) in [7, 11) is -1.28. The number of aromatic amines is 1. The summed E-state index contributed by atoms with van der Waals surface area (Å²) in [5.74, 6) is 14.1. The standard InChI is InChI=1S/C30H38FN7O2Si.C24H24FN7O/c1-5-14-37-29(39)26-27(34-30(37)35-15-6-7-16-35)33-28(38(26)22-40-18-19-41(2,3)4)24-20-32-36(21-24)17-8-9-23-10-12-25(31)13-11-23;1-2-11-32-23(33)20-22(29-24(32)30-12-3-4-13-30)28-21(27-20)18-15-26-31(16-18)14-5-6-17-7-9-19(25)10-8-17/h10-13,20-21H,5-7,14-19,22H2,1-4H3;7-10,15-16H,2-4,11-14H2,1H3,(H,27,28). The van der Waals surface area contributed by atoms with Crippen LogP contribution in [0.2, 0.25) is 25.7 Å². The number of H-pyrrole nitrogens is 1. The molecule has 0 aliphatic carbocycles. The van der Waals surface area contributed by atoms with Crippen LogP contribution in [-0.4, -0.2) is 99.0 Å². The first kappa shape index (κ1) is 51.2. The maximum Gasteiger partial charge on any atom is 0.281 e. The number of aromatic nitrogens is 12. The Labute approximate surface area is 429 Å². The molecule has 0 spiro atoms. The number of benzene rings is 2. The van der Waals surface area contributed by atoms with Gasteiger partial charge in [0.25, 0.3) is 11.1 Å². The zero-order chi connectivity index (χ0) is 51.8. The zero-order valence-electron chi connectivity index (χ0n) is 42.7. The summed E-state index contributed by atoms with van der Waals surface area (Å²) < 4.78 is 41.1. The molecule has 10 rings (SSSR count). The SMILES string of the molecule is CCCn1c(N2CCCC2)nc2nc(-c3cnn(CC#Cc4ccc(F)cc4)c3)[nH]c2c1=O.CCCn1c(N2CCCC2)nc2nc(-c3cnn(CC#Cc4ccc(F)cc4)c3)n(COCC[Si](C)(C)C)c2c1=O. The Balaban J connectivity index is 0.000000186. The molecule has 0 saturated carbocycles. The lowest BCUT2D eigenvalue weighted by atomic mass is 10.2.